The highest BCUT2D eigenvalue weighted by Crippen LogP contribution is 2.34. The summed E-state index contributed by atoms with van der Waals surface area (Å²) in [6.07, 6.45) is 3.52. The van der Waals surface area contributed by atoms with E-state index in [4.69, 9.17) is 5.73 Å². The lowest BCUT2D eigenvalue weighted by atomic mass is 10.2. The average molecular weight is 288 g/mol. The largest absolute Gasteiger partial charge is 0.397 e. The molecule has 2 N–H and O–H groups in total. The number of rotatable bonds is 3. The first-order chi connectivity index (χ1) is 9.61. The Kier molecular flexibility index (Phi) is 3.13. The van der Waals surface area contributed by atoms with Gasteiger partial charge in [-0.05, 0) is 6.92 Å². The van der Waals surface area contributed by atoms with Gasteiger partial charge >= 0.3 is 0 Å². The van der Waals surface area contributed by atoms with E-state index in [1.807, 2.05) is 11.6 Å². The molecular weight excluding hydrogens is 272 g/mol. The van der Waals surface area contributed by atoms with Crippen LogP contribution in [0.25, 0.3) is 21.6 Å². The Morgan fingerprint density at radius 2 is 2.10 bits per heavy atom. The van der Waals surface area contributed by atoms with Crippen LogP contribution in [0.1, 0.15) is 31.7 Å². The predicted octanol–water partition coefficient (Wildman–Crippen LogP) is 2.68. The van der Waals surface area contributed by atoms with Crippen molar-refractivity contribution in [3.63, 3.8) is 0 Å². The van der Waals surface area contributed by atoms with Crippen molar-refractivity contribution in [2.75, 3.05) is 5.73 Å². The van der Waals surface area contributed by atoms with Crippen molar-refractivity contribution >= 4 is 28.1 Å². The molecule has 3 aromatic heterocycles. The summed E-state index contributed by atoms with van der Waals surface area (Å²) >= 11 is 1.56. The summed E-state index contributed by atoms with van der Waals surface area (Å²) in [5.41, 5.74) is 8.56. The maximum Gasteiger partial charge on any atom is 0.159 e. The molecule has 3 rings (SSSR count). The molecule has 3 aromatic rings. The Hall–Kier alpha value is -2.02. The molecule has 0 saturated carbocycles. The van der Waals surface area contributed by atoms with Crippen molar-refractivity contribution in [1.82, 2.24) is 25.0 Å². The summed E-state index contributed by atoms with van der Waals surface area (Å²) in [4.78, 5) is 4.46. The minimum Gasteiger partial charge on any atom is -0.397 e. The van der Waals surface area contributed by atoms with E-state index in [0.717, 1.165) is 33.2 Å². The molecule has 7 heteroatoms. The molecule has 0 amide bonds. The number of pyridine rings is 1. The van der Waals surface area contributed by atoms with Crippen molar-refractivity contribution in [1.29, 1.82) is 0 Å². The van der Waals surface area contributed by atoms with E-state index in [9.17, 15) is 0 Å². The van der Waals surface area contributed by atoms with Crippen LogP contribution in [0.5, 0.6) is 0 Å². The van der Waals surface area contributed by atoms with Crippen molar-refractivity contribution in [3.05, 3.63) is 17.4 Å². The lowest BCUT2D eigenvalue weighted by Gasteiger charge is -2.03. The molecule has 0 spiro atoms. The smallest absolute Gasteiger partial charge is 0.159 e. The second-order valence-electron chi connectivity index (χ2n) is 4.88. The molecule has 20 heavy (non-hydrogen) atoms. The van der Waals surface area contributed by atoms with Crippen LogP contribution in [-0.4, -0.2) is 25.0 Å². The molecular formula is C13H16N6S. The Bertz CT molecular complexity index is 757. The highest BCUT2D eigenvalue weighted by atomic mass is 32.1. The molecule has 0 aliphatic rings. The zero-order valence-corrected chi connectivity index (χ0v) is 12.5. The third kappa shape index (κ3) is 1.94. The predicted molar refractivity (Wildman–Crippen MR) is 80.6 cm³/mol. The van der Waals surface area contributed by atoms with Gasteiger partial charge in [-0.15, -0.1) is 10.2 Å². The Labute approximate surface area is 120 Å². The number of nitrogens with zero attached hydrogens (tertiary/aromatic N) is 5. The summed E-state index contributed by atoms with van der Waals surface area (Å²) in [6, 6.07) is 0. The second kappa shape index (κ2) is 4.82. The van der Waals surface area contributed by atoms with Gasteiger partial charge < -0.3 is 5.73 Å². The van der Waals surface area contributed by atoms with Crippen LogP contribution in [0.2, 0.25) is 0 Å². The van der Waals surface area contributed by atoms with Gasteiger partial charge in [-0.2, -0.15) is 5.10 Å². The highest BCUT2D eigenvalue weighted by Gasteiger charge is 2.16. The number of hydrogen-bond acceptors (Lipinski definition) is 6. The van der Waals surface area contributed by atoms with Crippen molar-refractivity contribution in [3.8, 4) is 10.6 Å². The van der Waals surface area contributed by atoms with Gasteiger partial charge in [-0.3, -0.25) is 0 Å². The third-order valence-electron chi connectivity index (χ3n) is 3.17. The van der Waals surface area contributed by atoms with Crippen LogP contribution in [0.4, 0.5) is 5.69 Å². The van der Waals surface area contributed by atoms with Crippen molar-refractivity contribution in [2.45, 2.75) is 33.2 Å². The normalized spacial score (nSPS) is 11.6. The summed E-state index contributed by atoms with van der Waals surface area (Å²) in [6.45, 7) is 6.99. The van der Waals surface area contributed by atoms with Gasteiger partial charge in [0.05, 0.1) is 22.8 Å². The van der Waals surface area contributed by atoms with Gasteiger partial charge in [0.2, 0.25) is 0 Å². The molecule has 0 unspecified atom stereocenters. The molecule has 0 radical (unpaired) electrons. The minimum atomic E-state index is 0.363. The van der Waals surface area contributed by atoms with Gasteiger partial charge in [0.1, 0.15) is 5.01 Å². The second-order valence-corrected chi connectivity index (χ2v) is 5.89. The summed E-state index contributed by atoms with van der Waals surface area (Å²) in [7, 11) is 0. The topological polar surface area (TPSA) is 82.5 Å². The van der Waals surface area contributed by atoms with Crippen LogP contribution in [-0.2, 0) is 6.54 Å². The quantitative estimate of drug-likeness (QED) is 0.801. The van der Waals surface area contributed by atoms with Crippen molar-refractivity contribution in [2.24, 2.45) is 0 Å². The fourth-order valence-corrected chi connectivity index (χ4v) is 2.89. The molecule has 0 aliphatic carbocycles. The number of nitrogens with two attached hydrogens (primary N) is 1. The van der Waals surface area contributed by atoms with E-state index >= 15 is 0 Å². The highest BCUT2D eigenvalue weighted by molar-refractivity contribution is 7.14. The fourth-order valence-electron chi connectivity index (χ4n) is 2.02. The summed E-state index contributed by atoms with van der Waals surface area (Å²) in [5, 5.41) is 15.4. The lowest BCUT2D eigenvalue weighted by molar-refractivity contribution is 0.677. The first-order valence-corrected chi connectivity index (χ1v) is 7.37. The summed E-state index contributed by atoms with van der Waals surface area (Å²) in [5.74, 6) is 0.363. The van der Waals surface area contributed by atoms with Crippen molar-refractivity contribution < 1.29 is 0 Å². The number of fused-ring (bicyclic) bond motifs is 1. The van der Waals surface area contributed by atoms with Gasteiger partial charge in [-0.1, -0.05) is 25.2 Å². The van der Waals surface area contributed by atoms with E-state index in [0.29, 0.717) is 11.6 Å². The average Bonchev–Trinajstić information content (AvgIpc) is 3.05. The first kappa shape index (κ1) is 13.0. The van der Waals surface area contributed by atoms with E-state index < -0.39 is 0 Å². The SMILES string of the molecule is CCn1ncc2c(N)c(-c3nnc(C(C)C)s3)cnc21. The van der Waals surface area contributed by atoms with E-state index in [1.54, 1.807) is 23.7 Å². The monoisotopic (exact) mass is 288 g/mol. The Morgan fingerprint density at radius 1 is 1.30 bits per heavy atom. The van der Waals surface area contributed by atoms with Crippen LogP contribution in [0, 0.1) is 0 Å². The zero-order chi connectivity index (χ0) is 14.3. The van der Waals surface area contributed by atoms with Gasteiger partial charge in [0.15, 0.2) is 10.7 Å². The van der Waals surface area contributed by atoms with Gasteiger partial charge in [0, 0.05) is 18.7 Å². The van der Waals surface area contributed by atoms with E-state index in [1.165, 1.54) is 0 Å². The molecule has 6 nitrogen and oxygen atoms in total. The number of nitrogen functional groups attached to an aromatic ring is 1. The molecule has 0 saturated heterocycles. The van der Waals surface area contributed by atoms with Gasteiger partial charge in [0.25, 0.3) is 0 Å². The molecule has 0 fully saturated rings. The number of anilines is 1. The fraction of sp³-hybridized carbons (Fsp3) is 0.385. The molecule has 0 atom stereocenters. The Morgan fingerprint density at radius 3 is 2.75 bits per heavy atom. The number of hydrogen-bond donors (Lipinski definition) is 1. The lowest BCUT2D eigenvalue weighted by Crippen LogP contribution is -1.99. The Balaban J connectivity index is 2.14. The molecule has 3 heterocycles. The summed E-state index contributed by atoms with van der Waals surface area (Å²) < 4.78 is 1.83. The first-order valence-electron chi connectivity index (χ1n) is 6.55. The van der Waals surface area contributed by atoms with Crippen LogP contribution in [0.15, 0.2) is 12.4 Å². The standard InChI is InChI=1S/C13H16N6S/c1-4-19-11-8(6-16-19)10(14)9(5-15-11)13-18-17-12(20-13)7(2)3/h5-7H,4H2,1-3H3,(H2,14,15). The molecule has 0 bridgehead atoms. The maximum atomic E-state index is 6.25. The van der Waals surface area contributed by atoms with Gasteiger partial charge in [-0.25, -0.2) is 9.67 Å². The van der Waals surface area contributed by atoms with Crippen LogP contribution < -0.4 is 5.73 Å². The van der Waals surface area contributed by atoms with E-state index in [2.05, 4.69) is 34.1 Å². The van der Waals surface area contributed by atoms with Crippen LogP contribution >= 0.6 is 11.3 Å². The molecule has 0 aliphatic heterocycles. The molecule has 0 aromatic carbocycles. The van der Waals surface area contributed by atoms with Crippen LogP contribution in [0.3, 0.4) is 0 Å². The zero-order valence-electron chi connectivity index (χ0n) is 11.7. The minimum absolute atomic E-state index is 0.363. The van der Waals surface area contributed by atoms with E-state index in [-0.39, 0.29) is 0 Å². The number of aryl methyl sites for hydroxylation is 1. The number of aromatic nitrogens is 5. The third-order valence-corrected chi connectivity index (χ3v) is 4.43. The molecule has 104 valence electrons. The maximum absolute atomic E-state index is 6.25.